The molecule has 0 fully saturated rings. The van der Waals surface area contributed by atoms with Crippen molar-refractivity contribution in [3.05, 3.63) is 0 Å². The Hall–Kier alpha value is -2.02. The number of nitrogens with zero attached hydrogens (tertiary/aromatic N) is 1. The minimum absolute atomic E-state index is 0.0968. The lowest BCUT2D eigenvalue weighted by Crippen LogP contribution is -2.39. The van der Waals surface area contributed by atoms with E-state index in [-0.39, 0.29) is 38.3 Å². The van der Waals surface area contributed by atoms with Gasteiger partial charge in [0.15, 0.2) is 0 Å². The molecule has 0 aromatic heterocycles. The third-order valence-electron chi connectivity index (χ3n) is 3.43. The number of alkyl carbamates (subject to hydrolysis) is 1. The zero-order valence-corrected chi connectivity index (χ0v) is 16.6. The maximum absolute atomic E-state index is 12.0. The Kier molecular flexibility index (Phi) is 11.5. The summed E-state index contributed by atoms with van der Waals surface area (Å²) in [4.78, 5) is 24.4. The molecule has 0 radical (unpaired) electrons. The van der Waals surface area contributed by atoms with E-state index in [0.717, 1.165) is 0 Å². The molecule has 0 heterocycles. The lowest BCUT2D eigenvalue weighted by Gasteiger charge is -2.29. The van der Waals surface area contributed by atoms with Gasteiger partial charge in [0.1, 0.15) is 12.7 Å². The molecule has 0 aliphatic carbocycles. The Bertz CT molecular complexity index is 494. The average Bonchev–Trinajstić information content (AvgIpc) is 2.58. The summed E-state index contributed by atoms with van der Waals surface area (Å²) in [5.41, 5.74) is -0.787. The molecule has 9 heteroatoms. The Morgan fingerprint density at radius 3 is 2.11 bits per heavy atom. The van der Waals surface area contributed by atoms with Crippen molar-refractivity contribution in [3.8, 4) is 12.5 Å². The number of rotatable bonds is 12. The van der Waals surface area contributed by atoms with Crippen LogP contribution < -0.4 is 5.32 Å². The fraction of sp³-hybridized carbons (Fsp3) is 0.778. The van der Waals surface area contributed by atoms with Crippen LogP contribution >= 0.6 is 0 Å². The largest absolute Gasteiger partial charge is 0.449 e. The molecule has 27 heavy (non-hydrogen) atoms. The van der Waals surface area contributed by atoms with Gasteiger partial charge in [0, 0.05) is 30.5 Å². The number of terminal acetylenes is 1. The van der Waals surface area contributed by atoms with Crippen molar-refractivity contribution in [2.24, 2.45) is 10.8 Å². The number of amides is 2. The summed E-state index contributed by atoms with van der Waals surface area (Å²) in [6, 6.07) is 0. The minimum atomic E-state index is -0.687. The molecule has 0 aliphatic rings. The smallest absolute Gasteiger partial charge is 0.421 e. The van der Waals surface area contributed by atoms with Crippen LogP contribution in [-0.4, -0.2) is 80.0 Å². The number of ether oxygens (including phenoxy) is 3. The summed E-state index contributed by atoms with van der Waals surface area (Å²) >= 11 is 0. The van der Waals surface area contributed by atoms with Crippen LogP contribution in [0.5, 0.6) is 0 Å². The van der Waals surface area contributed by atoms with Crippen LogP contribution in [0.4, 0.5) is 9.59 Å². The van der Waals surface area contributed by atoms with E-state index in [9.17, 15) is 9.59 Å². The van der Waals surface area contributed by atoms with Gasteiger partial charge >= 0.3 is 12.2 Å². The van der Waals surface area contributed by atoms with Crippen molar-refractivity contribution in [2.75, 3.05) is 52.7 Å². The van der Waals surface area contributed by atoms with Crippen LogP contribution in [0, 0.1) is 23.4 Å². The van der Waals surface area contributed by atoms with Crippen molar-refractivity contribution in [2.45, 2.75) is 27.7 Å². The number of aliphatic hydroxyl groups excluding tert-OH is 2. The van der Waals surface area contributed by atoms with Gasteiger partial charge < -0.3 is 34.6 Å². The summed E-state index contributed by atoms with van der Waals surface area (Å²) < 4.78 is 15.3. The fourth-order valence-electron chi connectivity index (χ4n) is 1.98. The average molecular weight is 388 g/mol. The SMILES string of the molecule is C#COC(=O)NCC(C)(C)COCC(C)(C)COC(=O)N(CCO)CCO. The summed E-state index contributed by atoms with van der Waals surface area (Å²) in [7, 11) is 0. The van der Waals surface area contributed by atoms with Crippen LogP contribution in [0.15, 0.2) is 0 Å². The Labute approximate surface area is 161 Å². The van der Waals surface area contributed by atoms with E-state index in [0.29, 0.717) is 19.8 Å². The van der Waals surface area contributed by atoms with Crippen LogP contribution in [0.1, 0.15) is 27.7 Å². The Morgan fingerprint density at radius 2 is 1.59 bits per heavy atom. The number of carbonyl (C=O) groups is 2. The maximum atomic E-state index is 12.0. The lowest BCUT2D eigenvalue weighted by molar-refractivity contribution is -0.0154. The standard InChI is InChI=1S/C18H32N2O7/c1-6-26-15(23)19-11-17(2,3)12-25-13-18(4,5)14-27-16(24)20(7-9-21)8-10-22/h1,21-22H,7-14H2,2-5H3,(H,19,23). The van der Waals surface area contributed by atoms with Gasteiger partial charge in [-0.05, 0) is 0 Å². The molecule has 0 spiro atoms. The number of hydrogen-bond acceptors (Lipinski definition) is 7. The second-order valence-corrected chi connectivity index (χ2v) is 7.67. The van der Waals surface area contributed by atoms with Crippen LogP contribution in [0.25, 0.3) is 0 Å². The maximum Gasteiger partial charge on any atom is 0.421 e. The van der Waals surface area contributed by atoms with Gasteiger partial charge in [-0.1, -0.05) is 34.1 Å². The highest BCUT2D eigenvalue weighted by atomic mass is 16.6. The van der Waals surface area contributed by atoms with Gasteiger partial charge in [0.2, 0.25) is 0 Å². The molecule has 9 nitrogen and oxygen atoms in total. The van der Waals surface area contributed by atoms with Crippen LogP contribution in [0.3, 0.4) is 0 Å². The molecule has 0 unspecified atom stereocenters. The first-order valence-electron chi connectivity index (χ1n) is 8.68. The van der Waals surface area contributed by atoms with Gasteiger partial charge in [-0.3, -0.25) is 0 Å². The van der Waals surface area contributed by atoms with Gasteiger partial charge in [0.25, 0.3) is 0 Å². The summed E-state index contributed by atoms with van der Waals surface area (Å²) in [6.07, 6.45) is 5.39. The molecule has 0 aliphatic heterocycles. The van der Waals surface area contributed by atoms with E-state index in [1.54, 1.807) is 6.11 Å². The molecule has 0 aromatic carbocycles. The number of carbonyl (C=O) groups excluding carboxylic acids is 2. The zero-order valence-electron chi connectivity index (χ0n) is 16.6. The first-order valence-corrected chi connectivity index (χ1v) is 8.68. The van der Waals surface area contributed by atoms with Crippen molar-refractivity contribution in [3.63, 3.8) is 0 Å². The topological polar surface area (TPSA) is 118 Å². The number of aliphatic hydroxyl groups is 2. The molecule has 3 N–H and O–H groups in total. The molecular weight excluding hydrogens is 356 g/mol. The molecule has 0 rings (SSSR count). The molecule has 0 aromatic rings. The highest BCUT2D eigenvalue weighted by Crippen LogP contribution is 2.20. The highest BCUT2D eigenvalue weighted by molar-refractivity contribution is 5.68. The van der Waals surface area contributed by atoms with Crippen molar-refractivity contribution in [1.82, 2.24) is 10.2 Å². The quantitative estimate of drug-likeness (QED) is 0.423. The lowest BCUT2D eigenvalue weighted by atomic mass is 9.93. The zero-order chi connectivity index (χ0) is 20.9. The van der Waals surface area contributed by atoms with Crippen molar-refractivity contribution in [1.29, 1.82) is 0 Å². The molecule has 0 saturated heterocycles. The van der Waals surface area contributed by atoms with E-state index < -0.39 is 17.6 Å². The second-order valence-electron chi connectivity index (χ2n) is 7.67. The molecular formula is C18H32N2O7. The minimum Gasteiger partial charge on any atom is -0.449 e. The highest BCUT2D eigenvalue weighted by Gasteiger charge is 2.25. The predicted octanol–water partition coefficient (Wildman–Crippen LogP) is 0.795. The Morgan fingerprint density at radius 1 is 1.04 bits per heavy atom. The molecule has 2 amide bonds. The fourth-order valence-corrected chi connectivity index (χ4v) is 1.98. The molecule has 156 valence electrons. The summed E-state index contributed by atoms with van der Waals surface area (Å²) in [6.45, 7) is 8.51. The predicted molar refractivity (Wildman–Crippen MR) is 98.8 cm³/mol. The van der Waals surface area contributed by atoms with E-state index in [1.165, 1.54) is 4.90 Å². The summed E-state index contributed by atoms with van der Waals surface area (Å²) in [5, 5.41) is 20.4. The molecule has 0 atom stereocenters. The number of hydrogen-bond donors (Lipinski definition) is 3. The van der Waals surface area contributed by atoms with E-state index in [1.807, 2.05) is 27.7 Å². The van der Waals surface area contributed by atoms with Crippen molar-refractivity contribution >= 4 is 12.2 Å². The van der Waals surface area contributed by atoms with Gasteiger partial charge in [0.05, 0.1) is 26.4 Å². The second kappa shape index (κ2) is 12.4. The molecule has 0 bridgehead atoms. The first-order chi connectivity index (χ1) is 12.6. The first kappa shape index (κ1) is 25.0. The van der Waals surface area contributed by atoms with Crippen molar-refractivity contribution < 1.29 is 34.0 Å². The third-order valence-corrected chi connectivity index (χ3v) is 3.43. The summed E-state index contributed by atoms with van der Waals surface area (Å²) in [5.74, 6) is 0. The number of nitrogens with one attached hydrogen (secondary N) is 1. The van der Waals surface area contributed by atoms with E-state index in [4.69, 9.17) is 26.1 Å². The van der Waals surface area contributed by atoms with Gasteiger partial charge in [-0.15, -0.1) is 0 Å². The van der Waals surface area contributed by atoms with Gasteiger partial charge in [-0.25, -0.2) is 9.59 Å². The van der Waals surface area contributed by atoms with E-state index in [2.05, 4.69) is 10.1 Å². The van der Waals surface area contributed by atoms with Crippen LogP contribution in [-0.2, 0) is 14.2 Å². The monoisotopic (exact) mass is 388 g/mol. The molecule has 0 saturated carbocycles. The van der Waals surface area contributed by atoms with Gasteiger partial charge in [-0.2, -0.15) is 0 Å². The van der Waals surface area contributed by atoms with Crippen LogP contribution in [0.2, 0.25) is 0 Å². The van der Waals surface area contributed by atoms with E-state index >= 15 is 0 Å². The Balaban J connectivity index is 4.29. The third kappa shape index (κ3) is 12.1. The normalized spacial score (nSPS) is 11.4.